The van der Waals surface area contributed by atoms with Crippen LogP contribution in [0.25, 0.3) is 22.4 Å². The van der Waals surface area contributed by atoms with Gasteiger partial charge >= 0.3 is 0 Å². The van der Waals surface area contributed by atoms with Gasteiger partial charge in [0.2, 0.25) is 0 Å². The fraction of sp³-hybridized carbons (Fsp3) is 0.185. The highest BCUT2D eigenvalue weighted by atomic mass is 16.3. The van der Waals surface area contributed by atoms with E-state index in [9.17, 15) is 5.26 Å². The summed E-state index contributed by atoms with van der Waals surface area (Å²) in [5.74, 6) is 1.48. The maximum absolute atomic E-state index is 10.3. The average Bonchev–Trinajstić information content (AvgIpc) is 3.60. The molecule has 0 N–H and O–H groups in total. The van der Waals surface area contributed by atoms with Crippen LogP contribution in [-0.4, -0.2) is 28.9 Å². The summed E-state index contributed by atoms with van der Waals surface area (Å²) < 4.78 is 7.80. The van der Waals surface area contributed by atoms with Gasteiger partial charge in [0.1, 0.15) is 17.4 Å². The van der Waals surface area contributed by atoms with E-state index in [-0.39, 0.29) is 0 Å². The first-order valence-electron chi connectivity index (χ1n) is 10.9. The predicted octanol–water partition coefficient (Wildman–Crippen LogP) is 6.09. The Bertz CT molecular complexity index is 1240. The summed E-state index contributed by atoms with van der Waals surface area (Å²) in [7, 11) is 0. The maximum Gasteiger partial charge on any atom is 0.153 e. The third-order valence-corrected chi connectivity index (χ3v) is 5.84. The van der Waals surface area contributed by atoms with E-state index in [0.29, 0.717) is 17.9 Å². The fourth-order valence-electron chi connectivity index (χ4n) is 4.33. The van der Waals surface area contributed by atoms with Crippen LogP contribution < -0.4 is 0 Å². The highest BCUT2D eigenvalue weighted by molar-refractivity contribution is 5.91. The minimum Gasteiger partial charge on any atom is -0.467 e. The molecule has 1 aliphatic heterocycles. The van der Waals surface area contributed by atoms with Crippen LogP contribution in [0.15, 0.2) is 88.5 Å². The summed E-state index contributed by atoms with van der Waals surface area (Å²) >= 11 is 0. The van der Waals surface area contributed by atoms with Crippen molar-refractivity contribution in [1.29, 1.82) is 5.26 Å². The molecule has 0 unspecified atom stereocenters. The molecule has 32 heavy (non-hydrogen) atoms. The van der Waals surface area contributed by atoms with Crippen LogP contribution in [0.4, 0.5) is 5.82 Å². The molecule has 5 rings (SSSR count). The van der Waals surface area contributed by atoms with Crippen molar-refractivity contribution in [1.82, 2.24) is 9.47 Å². The van der Waals surface area contributed by atoms with Gasteiger partial charge in [-0.15, -0.1) is 0 Å². The second-order valence-corrected chi connectivity index (χ2v) is 7.92. The molecule has 0 aliphatic carbocycles. The Balaban J connectivity index is 1.78. The van der Waals surface area contributed by atoms with Gasteiger partial charge in [0.05, 0.1) is 24.8 Å². The monoisotopic (exact) mass is 420 g/mol. The maximum atomic E-state index is 10.3. The van der Waals surface area contributed by atoms with E-state index in [1.807, 2.05) is 67.0 Å². The predicted molar refractivity (Wildman–Crippen MR) is 127 cm³/mol. The summed E-state index contributed by atoms with van der Waals surface area (Å²) in [5, 5.41) is 10.3. The van der Waals surface area contributed by atoms with E-state index >= 15 is 0 Å². The lowest BCUT2D eigenvalue weighted by Gasteiger charge is -2.13. The fourth-order valence-corrected chi connectivity index (χ4v) is 4.33. The molecule has 5 nitrogen and oxygen atoms in total. The number of hydrogen-bond donors (Lipinski definition) is 0. The number of benzene rings is 2. The number of nitriles is 1. The van der Waals surface area contributed by atoms with Crippen LogP contribution in [0.5, 0.6) is 0 Å². The third kappa shape index (κ3) is 3.83. The van der Waals surface area contributed by atoms with Crippen molar-refractivity contribution in [3.63, 3.8) is 0 Å². The second-order valence-electron chi connectivity index (χ2n) is 7.92. The van der Waals surface area contributed by atoms with Crippen molar-refractivity contribution in [2.45, 2.75) is 19.4 Å². The van der Waals surface area contributed by atoms with Gasteiger partial charge in [-0.3, -0.25) is 0 Å². The summed E-state index contributed by atoms with van der Waals surface area (Å²) in [5.41, 5.74) is 4.49. The zero-order valence-electron chi connectivity index (χ0n) is 17.8. The number of nitrogens with zero attached hydrogens (tertiary/aromatic N) is 4. The molecule has 2 aromatic heterocycles. The van der Waals surface area contributed by atoms with E-state index in [1.54, 1.807) is 6.26 Å². The van der Waals surface area contributed by atoms with Gasteiger partial charge in [-0.05, 0) is 36.1 Å². The van der Waals surface area contributed by atoms with E-state index in [1.165, 1.54) is 12.8 Å². The number of rotatable bonds is 6. The SMILES string of the molecule is N#Cc1c(-c2ccccc2)c(-c2ccccc2)n(Cc2ccco2)c1/N=C/N1CCCC1. The zero-order valence-corrected chi connectivity index (χ0v) is 17.8. The molecule has 0 spiro atoms. The lowest BCUT2D eigenvalue weighted by molar-refractivity contribution is 0.495. The van der Waals surface area contributed by atoms with Crippen molar-refractivity contribution in [2.75, 3.05) is 13.1 Å². The molecule has 4 aromatic rings. The van der Waals surface area contributed by atoms with Crippen molar-refractivity contribution < 1.29 is 4.42 Å². The third-order valence-electron chi connectivity index (χ3n) is 5.84. The van der Waals surface area contributed by atoms with E-state index in [2.05, 4.69) is 27.7 Å². The molecule has 1 fully saturated rings. The lowest BCUT2D eigenvalue weighted by atomic mass is 9.98. The Morgan fingerprint density at radius 1 is 0.906 bits per heavy atom. The number of aromatic nitrogens is 1. The number of hydrogen-bond acceptors (Lipinski definition) is 3. The van der Waals surface area contributed by atoms with Crippen LogP contribution >= 0.6 is 0 Å². The van der Waals surface area contributed by atoms with Gasteiger partial charge in [0.15, 0.2) is 5.82 Å². The Hall–Kier alpha value is -4.04. The summed E-state index contributed by atoms with van der Waals surface area (Å²) in [4.78, 5) is 7.09. The van der Waals surface area contributed by atoms with Gasteiger partial charge in [-0.25, -0.2) is 4.99 Å². The normalized spacial score (nSPS) is 13.7. The number of furan rings is 1. The molecule has 0 saturated carbocycles. The summed E-state index contributed by atoms with van der Waals surface area (Å²) in [6, 6.07) is 26.6. The Morgan fingerprint density at radius 2 is 1.59 bits per heavy atom. The second kappa shape index (κ2) is 8.99. The molecule has 0 bridgehead atoms. The molecule has 1 saturated heterocycles. The first-order valence-corrected chi connectivity index (χ1v) is 10.9. The summed E-state index contributed by atoms with van der Waals surface area (Å²) in [6.07, 6.45) is 5.92. The molecular formula is C27H24N4O. The molecule has 1 aliphatic rings. The minimum atomic E-state index is 0.491. The van der Waals surface area contributed by atoms with Crippen LogP contribution in [0, 0.1) is 11.3 Å². The quantitative estimate of drug-likeness (QED) is 0.280. The Morgan fingerprint density at radius 3 is 2.22 bits per heavy atom. The van der Waals surface area contributed by atoms with Gasteiger partial charge in [0.25, 0.3) is 0 Å². The largest absolute Gasteiger partial charge is 0.467 e. The molecule has 0 radical (unpaired) electrons. The Kier molecular flexibility index (Phi) is 5.59. The van der Waals surface area contributed by atoms with Gasteiger partial charge in [0, 0.05) is 18.7 Å². The van der Waals surface area contributed by atoms with E-state index in [0.717, 1.165) is 41.2 Å². The topological polar surface area (TPSA) is 57.5 Å². The van der Waals surface area contributed by atoms with Gasteiger partial charge < -0.3 is 13.9 Å². The first-order chi connectivity index (χ1) is 15.8. The molecule has 5 heteroatoms. The van der Waals surface area contributed by atoms with E-state index in [4.69, 9.17) is 9.41 Å². The number of aliphatic imine (C=N–C) groups is 1. The van der Waals surface area contributed by atoms with Crippen LogP contribution in [0.3, 0.4) is 0 Å². The zero-order chi connectivity index (χ0) is 21.8. The molecule has 2 aromatic carbocycles. The average molecular weight is 421 g/mol. The van der Waals surface area contributed by atoms with Crippen molar-refractivity contribution >= 4 is 12.2 Å². The highest BCUT2D eigenvalue weighted by Crippen LogP contribution is 2.43. The molecule has 0 atom stereocenters. The molecule has 158 valence electrons. The van der Waals surface area contributed by atoms with Gasteiger partial charge in [-0.1, -0.05) is 60.7 Å². The molecular weight excluding hydrogens is 396 g/mol. The first kappa shape index (κ1) is 19.9. The van der Waals surface area contributed by atoms with Crippen molar-refractivity contribution in [3.05, 3.63) is 90.4 Å². The van der Waals surface area contributed by atoms with Crippen LogP contribution in [0.2, 0.25) is 0 Å². The van der Waals surface area contributed by atoms with Crippen molar-refractivity contribution in [3.8, 4) is 28.5 Å². The lowest BCUT2D eigenvalue weighted by Crippen LogP contribution is -2.16. The van der Waals surface area contributed by atoms with Crippen LogP contribution in [0.1, 0.15) is 24.2 Å². The van der Waals surface area contributed by atoms with Crippen LogP contribution in [-0.2, 0) is 6.54 Å². The summed E-state index contributed by atoms with van der Waals surface area (Å²) in [6.45, 7) is 2.49. The number of likely N-dealkylation sites (tertiary alicyclic amines) is 1. The minimum absolute atomic E-state index is 0.491. The Labute approximate surface area is 187 Å². The highest BCUT2D eigenvalue weighted by Gasteiger charge is 2.25. The van der Waals surface area contributed by atoms with Gasteiger partial charge in [-0.2, -0.15) is 5.26 Å². The smallest absolute Gasteiger partial charge is 0.153 e. The van der Waals surface area contributed by atoms with E-state index < -0.39 is 0 Å². The molecule has 0 amide bonds. The standard InChI is InChI=1S/C27H24N4O/c28-18-24-25(21-10-3-1-4-11-21)26(22-12-5-2-6-13-22)31(19-23-14-9-17-32-23)27(24)29-20-30-15-7-8-16-30/h1-6,9-14,17,20H,7-8,15-16,19H2/b29-20+. The van der Waals surface area contributed by atoms with Crippen molar-refractivity contribution in [2.24, 2.45) is 4.99 Å². The molecule has 3 heterocycles.